The number of aromatic nitrogens is 8. The number of hydrogen-bond donors (Lipinski definition) is 8. The average Bonchev–Trinajstić information content (AvgIpc) is 0.790. The van der Waals surface area contributed by atoms with Crippen LogP contribution in [-0.4, -0.2) is 83.9 Å². The first-order valence-electron chi connectivity index (χ1n) is 39.2. The number of hydrogen-bond acceptors (Lipinski definition) is 16. The largest absolute Gasteiger partial charge is 0.392 e. The molecule has 0 spiro atoms. The molecular formula is C95H92N12O8. The van der Waals surface area contributed by atoms with Crippen molar-refractivity contribution in [3.05, 3.63) is 319 Å². The third-order valence-corrected chi connectivity index (χ3v) is 21.1. The summed E-state index contributed by atoms with van der Waals surface area (Å²) in [5.41, 5.74) is 26.9. The van der Waals surface area contributed by atoms with Gasteiger partial charge in [-0.15, -0.1) is 0 Å². The van der Waals surface area contributed by atoms with Gasteiger partial charge in [-0.1, -0.05) is 206 Å². The van der Waals surface area contributed by atoms with Crippen molar-refractivity contribution in [3.8, 4) is 45.0 Å². The molecule has 0 saturated heterocycles. The first-order chi connectivity index (χ1) is 56.0. The highest BCUT2D eigenvalue weighted by molar-refractivity contribution is 5.95. The van der Waals surface area contributed by atoms with Crippen LogP contribution < -0.4 is 21.3 Å². The third kappa shape index (κ3) is 19.5. The van der Waals surface area contributed by atoms with E-state index in [9.17, 15) is 39.6 Å². The van der Waals surface area contributed by atoms with Crippen LogP contribution in [0.25, 0.3) is 55.8 Å². The van der Waals surface area contributed by atoms with Crippen molar-refractivity contribution in [1.82, 2.24) is 39.9 Å². The zero-order chi connectivity index (χ0) is 79.9. The van der Waals surface area contributed by atoms with Crippen LogP contribution in [-0.2, 0) is 123 Å². The molecule has 4 amide bonds. The number of aliphatic hydroxyl groups is 4. The fourth-order valence-corrected chi connectivity index (χ4v) is 15.1. The highest BCUT2D eigenvalue weighted by Crippen LogP contribution is 2.38. The fourth-order valence-electron chi connectivity index (χ4n) is 15.1. The summed E-state index contributed by atoms with van der Waals surface area (Å²) >= 11 is 0. The molecule has 20 nitrogen and oxygen atoms in total. The third-order valence-electron chi connectivity index (χ3n) is 21.1. The molecule has 0 unspecified atom stereocenters. The minimum atomic E-state index is -0.101. The SMILES string of the molecule is Cc1nc2c(nc1NC(=O)CCCc1ccccc1)CCc1cc(CO)ccc1-2.Cc1nc2c(nc1NC(=O)CCc1ccccc1)CCc1cc(CO)ccc1-2.Cc1nc2c(nc1NC(=O)Cc1ccc3ccccc3c1)CCc1cc(CO)ccc1-2.Cc1nc2c(nc1NC(=O)Cc1ccccc1)CCc1cc(CO)ccc1-2. The Bertz CT molecular complexity index is 5760. The molecule has 4 heterocycles. The van der Waals surface area contributed by atoms with Crippen molar-refractivity contribution in [2.45, 2.75) is 150 Å². The minimum absolute atomic E-state index is 0.0259. The highest BCUT2D eigenvalue weighted by atomic mass is 16.3. The predicted octanol–water partition coefficient (Wildman–Crippen LogP) is 15.2. The van der Waals surface area contributed by atoms with E-state index in [1.54, 1.807) is 0 Å². The molecule has 0 radical (unpaired) electrons. The van der Waals surface area contributed by atoms with Gasteiger partial charge in [-0.25, -0.2) is 39.9 Å². The second-order valence-electron chi connectivity index (χ2n) is 29.4. The van der Waals surface area contributed by atoms with E-state index in [4.69, 9.17) is 39.9 Å². The van der Waals surface area contributed by atoms with Crippen LogP contribution in [0, 0.1) is 27.7 Å². The van der Waals surface area contributed by atoms with E-state index in [0.717, 1.165) is 187 Å². The summed E-state index contributed by atoms with van der Waals surface area (Å²) in [5, 5.41) is 51.4. The molecule has 20 heteroatoms. The van der Waals surface area contributed by atoms with Gasteiger partial charge in [0.25, 0.3) is 0 Å². The van der Waals surface area contributed by atoms with Crippen LogP contribution in [0.1, 0.15) is 132 Å². The van der Waals surface area contributed by atoms with E-state index in [1.165, 1.54) is 27.8 Å². The molecule has 0 bridgehead atoms. The summed E-state index contributed by atoms with van der Waals surface area (Å²) in [6, 6.07) is 67.9. The standard InChI is InChI=1S/C26H23N3O2.C24H25N3O2.C23H23N3O2.C22H21N3O2/c1-16-26(29-24(31)14-17-6-8-19-4-2-3-5-20(19)12-17)28-23-11-9-21-13-18(15-30)7-10-22(21)25(23)27-16;1-16-24(27-22(29)9-5-8-17-6-3-2-4-7-17)26-21-13-11-19-14-18(15-28)10-12-20(19)23(21)25-16;1-15-23(26-21(28)12-8-16-5-3-2-4-6-16)25-20-11-9-18-13-17(14-27)7-10-19(18)22(20)24-15;1-14-22(25-20(27)12-15-5-3-2-4-6-15)24-19-10-8-17-11-16(13-26)7-9-18(17)21(19)23-14/h2-8,10,12-13,30H,9,11,14-15H2,1H3,(H,28,29,31);2-4,6-7,10,12,14,28H,5,8-9,11,13,15H2,1H3,(H,26,27,29);2-7,10,13,27H,8-9,11-12,14H2,1H3,(H,25,26,28);2-7,9,11,26H,8,10,12-13H2,1H3,(H,24,25,27). The van der Waals surface area contributed by atoms with Crippen LogP contribution in [0.15, 0.2) is 206 Å². The topological polar surface area (TPSA) is 300 Å². The van der Waals surface area contributed by atoms with Gasteiger partial charge in [-0.05, 0) is 176 Å². The van der Waals surface area contributed by atoms with E-state index in [-0.39, 0.29) is 56.5 Å². The predicted molar refractivity (Wildman–Crippen MR) is 449 cm³/mol. The lowest BCUT2D eigenvalue weighted by molar-refractivity contribution is -0.117. The molecule has 8 N–H and O–H groups in total. The van der Waals surface area contributed by atoms with Gasteiger partial charge in [-0.3, -0.25) is 19.2 Å². The van der Waals surface area contributed by atoms with Crippen molar-refractivity contribution < 1.29 is 39.6 Å². The molecule has 0 aliphatic heterocycles. The maximum Gasteiger partial charge on any atom is 0.229 e. The summed E-state index contributed by atoms with van der Waals surface area (Å²) in [7, 11) is 0. The fraction of sp³-hybridized carbons (Fsp3) is 0.242. The number of fused-ring (bicyclic) bond motifs is 13. The lowest BCUT2D eigenvalue weighted by atomic mass is 9.90. The molecule has 0 fully saturated rings. The van der Waals surface area contributed by atoms with Crippen molar-refractivity contribution in [1.29, 1.82) is 0 Å². The van der Waals surface area contributed by atoms with Gasteiger partial charge in [0.1, 0.15) is 0 Å². The molecule has 4 aliphatic rings. The number of carbonyl (C=O) groups excluding carboxylic acids is 4. The Kier molecular flexibility index (Phi) is 25.3. The Morgan fingerprint density at radius 1 is 0.287 bits per heavy atom. The zero-order valence-corrected chi connectivity index (χ0v) is 65.1. The number of rotatable bonds is 19. The van der Waals surface area contributed by atoms with E-state index < -0.39 is 0 Å². The number of aryl methyl sites for hydroxylation is 14. The molecule has 4 aliphatic carbocycles. The second-order valence-corrected chi connectivity index (χ2v) is 29.4. The van der Waals surface area contributed by atoms with Crippen molar-refractivity contribution in [2.75, 3.05) is 21.3 Å². The van der Waals surface area contributed by atoms with Gasteiger partial charge < -0.3 is 41.7 Å². The van der Waals surface area contributed by atoms with Crippen molar-refractivity contribution in [3.63, 3.8) is 0 Å². The number of nitrogens with zero attached hydrogens (tertiary/aromatic N) is 8. The monoisotopic (exact) mass is 1530 g/mol. The zero-order valence-electron chi connectivity index (χ0n) is 65.1. The van der Waals surface area contributed by atoms with Crippen LogP contribution in [0.2, 0.25) is 0 Å². The Balaban J connectivity index is 0.000000127. The van der Waals surface area contributed by atoms with Gasteiger partial charge in [0.05, 0.1) is 108 Å². The van der Waals surface area contributed by atoms with Gasteiger partial charge in [0.15, 0.2) is 23.3 Å². The molecule has 115 heavy (non-hydrogen) atoms. The smallest absolute Gasteiger partial charge is 0.229 e. The maximum atomic E-state index is 12.7. The van der Waals surface area contributed by atoms with E-state index in [2.05, 4.69) is 51.6 Å². The average molecular weight is 1530 g/mol. The molecule has 13 aromatic rings. The number of anilines is 4. The first kappa shape index (κ1) is 78.9. The Hall–Kier alpha value is -12.7. The molecule has 9 aromatic carbocycles. The Morgan fingerprint density at radius 2 is 0.591 bits per heavy atom. The number of carbonyl (C=O) groups is 4. The summed E-state index contributed by atoms with van der Waals surface area (Å²) in [5.74, 6) is 1.90. The second kappa shape index (κ2) is 36.8. The number of benzene rings is 9. The lowest BCUT2D eigenvalue weighted by Crippen LogP contribution is -2.19. The van der Waals surface area contributed by atoms with E-state index >= 15 is 0 Å². The first-order valence-corrected chi connectivity index (χ1v) is 39.2. The molecule has 0 saturated carbocycles. The van der Waals surface area contributed by atoms with Crippen LogP contribution in [0.5, 0.6) is 0 Å². The van der Waals surface area contributed by atoms with Gasteiger partial charge >= 0.3 is 0 Å². The number of nitrogens with one attached hydrogen (secondary N) is 4. The summed E-state index contributed by atoms with van der Waals surface area (Å²) in [6.45, 7) is 7.64. The maximum absolute atomic E-state index is 12.7. The minimum Gasteiger partial charge on any atom is -0.392 e. The molecular weight excluding hydrogens is 1440 g/mol. The van der Waals surface area contributed by atoms with Crippen molar-refractivity contribution >= 4 is 57.7 Å². The Morgan fingerprint density at radius 3 is 0.957 bits per heavy atom. The quantitative estimate of drug-likeness (QED) is 0.0373. The van der Waals surface area contributed by atoms with Crippen LogP contribution in [0.3, 0.4) is 0 Å². The summed E-state index contributed by atoms with van der Waals surface area (Å²) in [4.78, 5) is 87.7. The van der Waals surface area contributed by atoms with E-state index in [1.807, 2.05) is 204 Å². The molecule has 4 aromatic heterocycles. The van der Waals surface area contributed by atoms with E-state index in [0.29, 0.717) is 66.0 Å². The summed E-state index contributed by atoms with van der Waals surface area (Å²) in [6.07, 6.45) is 10.4. The Labute approximate surface area is 668 Å². The molecule has 0 atom stereocenters. The lowest BCUT2D eigenvalue weighted by Gasteiger charge is -2.20. The van der Waals surface area contributed by atoms with Crippen LogP contribution >= 0.6 is 0 Å². The molecule has 580 valence electrons. The summed E-state index contributed by atoms with van der Waals surface area (Å²) < 4.78 is 0. The van der Waals surface area contributed by atoms with Crippen molar-refractivity contribution in [2.24, 2.45) is 0 Å². The van der Waals surface area contributed by atoms with Gasteiger partial charge in [0, 0.05) is 35.1 Å². The number of aliphatic hydroxyl groups excluding tert-OH is 4. The number of amides is 4. The van der Waals surface area contributed by atoms with Crippen LogP contribution in [0.4, 0.5) is 23.3 Å². The molecule has 17 rings (SSSR count). The van der Waals surface area contributed by atoms with Gasteiger partial charge in [-0.2, -0.15) is 0 Å². The van der Waals surface area contributed by atoms with Gasteiger partial charge in [0.2, 0.25) is 23.6 Å². The normalized spacial score (nSPS) is 12.2. The highest BCUT2D eigenvalue weighted by Gasteiger charge is 2.27.